The standard InChI is InChI=1S/C15H20BrNO3/c1-10(13(18)11-4-6-12(16)7-5-11)17-14(19)15(20)8-2-3-9-15/h4-7,10,13,18,20H,2-3,8-9H2,1H3,(H,17,19)/t10-,13+/m1/s1. The van der Waals surface area contributed by atoms with Gasteiger partial charge < -0.3 is 15.5 Å². The number of carbonyl (C=O) groups excluding carboxylic acids is 1. The number of aliphatic hydroxyl groups excluding tert-OH is 1. The first-order valence-corrected chi connectivity index (χ1v) is 7.68. The molecule has 0 aliphatic heterocycles. The molecule has 1 aromatic carbocycles. The highest BCUT2D eigenvalue weighted by Gasteiger charge is 2.39. The maximum Gasteiger partial charge on any atom is 0.252 e. The number of amides is 1. The fourth-order valence-corrected chi connectivity index (χ4v) is 2.82. The summed E-state index contributed by atoms with van der Waals surface area (Å²) in [4.78, 5) is 12.1. The van der Waals surface area contributed by atoms with Crippen LogP contribution in [-0.4, -0.2) is 27.8 Å². The summed E-state index contributed by atoms with van der Waals surface area (Å²) >= 11 is 3.34. The van der Waals surface area contributed by atoms with E-state index in [1.165, 1.54) is 0 Å². The van der Waals surface area contributed by atoms with Crippen LogP contribution in [0.3, 0.4) is 0 Å². The van der Waals surface area contributed by atoms with Gasteiger partial charge in [0.15, 0.2) is 0 Å². The monoisotopic (exact) mass is 341 g/mol. The van der Waals surface area contributed by atoms with Gasteiger partial charge in [-0.25, -0.2) is 0 Å². The van der Waals surface area contributed by atoms with Crippen LogP contribution in [0.25, 0.3) is 0 Å². The molecule has 0 spiro atoms. The number of halogens is 1. The largest absolute Gasteiger partial charge is 0.386 e. The summed E-state index contributed by atoms with van der Waals surface area (Å²) in [6, 6.07) is 6.85. The molecule has 110 valence electrons. The number of aliphatic hydroxyl groups is 2. The van der Waals surface area contributed by atoms with Crippen molar-refractivity contribution in [3.8, 4) is 0 Å². The lowest BCUT2D eigenvalue weighted by molar-refractivity contribution is -0.140. The molecule has 1 saturated carbocycles. The molecular weight excluding hydrogens is 322 g/mol. The number of benzene rings is 1. The lowest BCUT2D eigenvalue weighted by Gasteiger charge is -2.26. The maximum absolute atomic E-state index is 12.1. The molecule has 1 aliphatic rings. The molecular formula is C15H20BrNO3. The maximum atomic E-state index is 12.1. The Labute approximate surface area is 127 Å². The quantitative estimate of drug-likeness (QED) is 0.786. The van der Waals surface area contributed by atoms with Gasteiger partial charge in [-0.15, -0.1) is 0 Å². The summed E-state index contributed by atoms with van der Waals surface area (Å²) in [5.41, 5.74) is -0.521. The van der Waals surface area contributed by atoms with E-state index in [0.717, 1.165) is 22.9 Å². The smallest absolute Gasteiger partial charge is 0.252 e. The Morgan fingerprint density at radius 1 is 1.30 bits per heavy atom. The molecule has 20 heavy (non-hydrogen) atoms. The van der Waals surface area contributed by atoms with Gasteiger partial charge in [0.2, 0.25) is 0 Å². The van der Waals surface area contributed by atoms with E-state index in [9.17, 15) is 15.0 Å². The van der Waals surface area contributed by atoms with Crippen molar-refractivity contribution >= 4 is 21.8 Å². The van der Waals surface area contributed by atoms with Gasteiger partial charge in [-0.05, 0) is 50.3 Å². The minimum atomic E-state index is -1.26. The first-order chi connectivity index (χ1) is 9.42. The summed E-state index contributed by atoms with van der Waals surface area (Å²) in [6.45, 7) is 1.74. The van der Waals surface area contributed by atoms with Crippen LogP contribution in [0.5, 0.6) is 0 Å². The molecule has 3 N–H and O–H groups in total. The molecule has 4 nitrogen and oxygen atoms in total. The van der Waals surface area contributed by atoms with Crippen LogP contribution in [0.4, 0.5) is 0 Å². The van der Waals surface area contributed by atoms with Crippen LogP contribution in [-0.2, 0) is 4.79 Å². The summed E-state index contributed by atoms with van der Waals surface area (Å²) in [6.07, 6.45) is 1.94. The predicted octanol–water partition coefficient (Wildman–Crippen LogP) is 2.29. The Balaban J connectivity index is 1.98. The molecule has 2 atom stereocenters. The predicted molar refractivity (Wildman–Crippen MR) is 80.1 cm³/mol. The Morgan fingerprint density at radius 2 is 1.85 bits per heavy atom. The second-order valence-electron chi connectivity index (χ2n) is 5.50. The highest BCUT2D eigenvalue weighted by Crippen LogP contribution is 2.30. The van der Waals surface area contributed by atoms with Gasteiger partial charge in [-0.1, -0.05) is 28.1 Å². The van der Waals surface area contributed by atoms with Crippen molar-refractivity contribution in [1.29, 1.82) is 0 Å². The molecule has 5 heteroatoms. The van der Waals surface area contributed by atoms with Crippen molar-refractivity contribution in [2.75, 3.05) is 0 Å². The normalized spacial score (nSPS) is 20.4. The first kappa shape index (κ1) is 15.5. The molecule has 0 heterocycles. The molecule has 2 rings (SSSR count). The van der Waals surface area contributed by atoms with E-state index >= 15 is 0 Å². The Morgan fingerprint density at radius 3 is 2.40 bits per heavy atom. The van der Waals surface area contributed by atoms with Crippen LogP contribution in [0.2, 0.25) is 0 Å². The van der Waals surface area contributed by atoms with Gasteiger partial charge in [-0.3, -0.25) is 4.79 Å². The molecule has 0 aromatic heterocycles. The van der Waals surface area contributed by atoms with Crippen LogP contribution >= 0.6 is 15.9 Å². The van der Waals surface area contributed by atoms with Crippen LogP contribution < -0.4 is 5.32 Å². The zero-order valence-electron chi connectivity index (χ0n) is 11.5. The van der Waals surface area contributed by atoms with Gasteiger partial charge in [0.25, 0.3) is 5.91 Å². The molecule has 0 bridgehead atoms. The number of rotatable bonds is 4. The Hall–Kier alpha value is -0.910. The van der Waals surface area contributed by atoms with E-state index in [0.29, 0.717) is 12.8 Å². The van der Waals surface area contributed by atoms with Crippen LogP contribution in [0, 0.1) is 0 Å². The molecule has 1 aliphatic carbocycles. The van der Waals surface area contributed by atoms with Gasteiger partial charge >= 0.3 is 0 Å². The van der Waals surface area contributed by atoms with Crippen LogP contribution in [0.1, 0.15) is 44.3 Å². The van der Waals surface area contributed by atoms with Crippen molar-refractivity contribution in [3.05, 3.63) is 34.3 Å². The summed E-state index contributed by atoms with van der Waals surface area (Å²) in [7, 11) is 0. The van der Waals surface area contributed by atoms with Gasteiger partial charge in [0.1, 0.15) is 5.60 Å². The second-order valence-corrected chi connectivity index (χ2v) is 6.41. The summed E-state index contributed by atoms with van der Waals surface area (Å²) in [5, 5.41) is 23.2. The topological polar surface area (TPSA) is 69.6 Å². The molecule has 1 fully saturated rings. The van der Waals surface area contributed by atoms with Gasteiger partial charge in [-0.2, -0.15) is 0 Å². The summed E-state index contributed by atoms with van der Waals surface area (Å²) in [5.74, 6) is -0.376. The number of hydrogen-bond donors (Lipinski definition) is 3. The minimum absolute atomic E-state index is 0.376. The van der Waals surface area contributed by atoms with E-state index in [4.69, 9.17) is 0 Å². The van der Waals surface area contributed by atoms with Gasteiger partial charge in [0, 0.05) is 4.47 Å². The van der Waals surface area contributed by atoms with E-state index in [1.807, 2.05) is 24.3 Å². The highest BCUT2D eigenvalue weighted by atomic mass is 79.9. The van der Waals surface area contributed by atoms with Gasteiger partial charge in [0.05, 0.1) is 12.1 Å². The lowest BCUT2D eigenvalue weighted by Crippen LogP contribution is -2.49. The average molecular weight is 342 g/mol. The van der Waals surface area contributed by atoms with Crippen molar-refractivity contribution < 1.29 is 15.0 Å². The fraction of sp³-hybridized carbons (Fsp3) is 0.533. The molecule has 0 unspecified atom stereocenters. The number of nitrogens with one attached hydrogen (secondary N) is 1. The molecule has 1 aromatic rings. The second kappa shape index (κ2) is 6.24. The van der Waals surface area contributed by atoms with Crippen molar-refractivity contribution in [2.45, 2.75) is 50.4 Å². The fourth-order valence-electron chi connectivity index (χ4n) is 2.56. The zero-order valence-corrected chi connectivity index (χ0v) is 13.1. The molecule has 1 amide bonds. The van der Waals surface area contributed by atoms with Crippen molar-refractivity contribution in [1.82, 2.24) is 5.32 Å². The zero-order chi connectivity index (χ0) is 14.8. The van der Waals surface area contributed by atoms with Crippen LogP contribution in [0.15, 0.2) is 28.7 Å². The summed E-state index contributed by atoms with van der Waals surface area (Å²) < 4.78 is 0.936. The number of hydrogen-bond acceptors (Lipinski definition) is 3. The molecule has 0 saturated heterocycles. The van der Waals surface area contributed by atoms with E-state index < -0.39 is 17.7 Å². The SMILES string of the molecule is C[C@@H](NC(=O)C1(O)CCCC1)[C@H](O)c1ccc(Br)cc1. The molecule has 0 radical (unpaired) electrons. The van der Waals surface area contributed by atoms with E-state index in [1.54, 1.807) is 6.92 Å². The van der Waals surface area contributed by atoms with Crippen molar-refractivity contribution in [2.24, 2.45) is 0 Å². The third-order valence-electron chi connectivity index (χ3n) is 3.90. The number of carbonyl (C=O) groups is 1. The minimum Gasteiger partial charge on any atom is -0.386 e. The van der Waals surface area contributed by atoms with E-state index in [2.05, 4.69) is 21.2 Å². The van der Waals surface area contributed by atoms with E-state index in [-0.39, 0.29) is 5.91 Å². The van der Waals surface area contributed by atoms with Crippen molar-refractivity contribution in [3.63, 3.8) is 0 Å². The lowest BCUT2D eigenvalue weighted by atomic mass is 9.99. The third kappa shape index (κ3) is 3.40. The average Bonchev–Trinajstić information content (AvgIpc) is 2.87. The third-order valence-corrected chi connectivity index (χ3v) is 4.43. The first-order valence-electron chi connectivity index (χ1n) is 6.89. The Kier molecular flexibility index (Phi) is 4.83. The Bertz CT molecular complexity index is 469. The highest BCUT2D eigenvalue weighted by molar-refractivity contribution is 9.10.